The van der Waals surface area contributed by atoms with Crippen LogP contribution < -0.4 is 10.5 Å². The van der Waals surface area contributed by atoms with E-state index in [1.165, 1.54) is 5.56 Å². The predicted molar refractivity (Wildman–Crippen MR) is 61.0 cm³/mol. The number of ether oxygens (including phenoxy) is 1. The molecule has 0 bridgehead atoms. The van der Waals surface area contributed by atoms with E-state index in [-0.39, 0.29) is 1.43 Å². The fraction of sp³-hybridized carbons (Fsp3) is 0.364. The van der Waals surface area contributed by atoms with E-state index in [2.05, 4.69) is 4.99 Å². The topological polar surface area (TPSA) is 47.6 Å². The van der Waals surface area contributed by atoms with Crippen LogP contribution in [0.2, 0.25) is 0 Å². The van der Waals surface area contributed by atoms with Crippen molar-refractivity contribution < 1.29 is 6.16 Å². The summed E-state index contributed by atoms with van der Waals surface area (Å²) in [6.07, 6.45) is 1.73. The van der Waals surface area contributed by atoms with Gasteiger partial charge in [0.15, 0.2) is 0 Å². The van der Waals surface area contributed by atoms with Crippen LogP contribution in [0, 0.1) is 0 Å². The molecule has 2 N–H and O–H groups in total. The summed E-state index contributed by atoms with van der Waals surface area (Å²) in [4.78, 5) is 3.91. The SMILES string of the molecule is CN=C(N)CCc1ccc(OC)cc1.[HH]. The van der Waals surface area contributed by atoms with Crippen molar-refractivity contribution >= 4 is 5.84 Å². The zero-order chi connectivity index (χ0) is 10.4. The molecule has 0 heterocycles. The van der Waals surface area contributed by atoms with Gasteiger partial charge in [-0.25, -0.2) is 0 Å². The molecule has 0 fully saturated rings. The highest BCUT2D eigenvalue weighted by Gasteiger charge is 1.96. The first-order valence-corrected chi connectivity index (χ1v) is 4.60. The summed E-state index contributed by atoms with van der Waals surface area (Å²) in [5.41, 5.74) is 6.85. The lowest BCUT2D eigenvalue weighted by Crippen LogP contribution is -2.12. The molecule has 0 unspecified atom stereocenters. The van der Waals surface area contributed by atoms with Gasteiger partial charge < -0.3 is 10.5 Å². The van der Waals surface area contributed by atoms with Crippen LogP contribution in [0.5, 0.6) is 5.75 Å². The number of amidine groups is 1. The van der Waals surface area contributed by atoms with Crippen molar-refractivity contribution in [2.45, 2.75) is 12.8 Å². The van der Waals surface area contributed by atoms with Gasteiger partial charge in [0, 0.05) is 14.9 Å². The second kappa shape index (κ2) is 5.27. The number of nitrogens with zero attached hydrogens (tertiary/aromatic N) is 1. The molecule has 78 valence electrons. The molecule has 0 radical (unpaired) electrons. The second-order valence-corrected chi connectivity index (χ2v) is 3.06. The molecule has 3 nitrogen and oxygen atoms in total. The van der Waals surface area contributed by atoms with Gasteiger partial charge >= 0.3 is 0 Å². The maximum atomic E-state index is 5.60. The van der Waals surface area contributed by atoms with E-state index in [0.29, 0.717) is 5.84 Å². The Labute approximate surface area is 86.1 Å². The van der Waals surface area contributed by atoms with Crippen molar-refractivity contribution in [2.75, 3.05) is 14.2 Å². The van der Waals surface area contributed by atoms with Crippen LogP contribution in [0.15, 0.2) is 29.3 Å². The largest absolute Gasteiger partial charge is 0.497 e. The number of aliphatic imine (C=N–C) groups is 1. The van der Waals surface area contributed by atoms with Crippen LogP contribution in [-0.2, 0) is 6.42 Å². The molecule has 1 rings (SSSR count). The third kappa shape index (κ3) is 3.09. The molecule has 0 aromatic heterocycles. The Hall–Kier alpha value is -1.51. The molecule has 0 aliphatic carbocycles. The van der Waals surface area contributed by atoms with Crippen LogP contribution in [0.25, 0.3) is 0 Å². The third-order valence-electron chi connectivity index (χ3n) is 2.12. The van der Waals surface area contributed by atoms with Crippen molar-refractivity contribution in [3.63, 3.8) is 0 Å². The molecule has 0 atom stereocenters. The number of hydrogen-bond donors (Lipinski definition) is 1. The van der Waals surface area contributed by atoms with Crippen molar-refractivity contribution in [3.05, 3.63) is 29.8 Å². The molecule has 0 saturated heterocycles. The van der Waals surface area contributed by atoms with E-state index in [1.54, 1.807) is 14.2 Å². The average molecular weight is 194 g/mol. The van der Waals surface area contributed by atoms with E-state index in [4.69, 9.17) is 10.5 Å². The molecule has 0 aliphatic rings. The number of aryl methyl sites for hydroxylation is 1. The summed E-state index contributed by atoms with van der Waals surface area (Å²) < 4.78 is 5.07. The first kappa shape index (κ1) is 10.6. The Morgan fingerprint density at radius 2 is 2.07 bits per heavy atom. The normalized spacial score (nSPS) is 11.4. The summed E-state index contributed by atoms with van der Waals surface area (Å²) in [5, 5.41) is 0. The summed E-state index contributed by atoms with van der Waals surface area (Å²) in [7, 11) is 3.38. The lowest BCUT2D eigenvalue weighted by molar-refractivity contribution is 0.414. The molecule has 1 aromatic rings. The van der Waals surface area contributed by atoms with Gasteiger partial charge in [-0.05, 0) is 24.1 Å². The molecule has 0 saturated carbocycles. The molecular formula is C11H18N2O. The Balaban J connectivity index is 0.00000196. The van der Waals surface area contributed by atoms with Crippen LogP contribution in [0.1, 0.15) is 13.4 Å². The highest BCUT2D eigenvalue weighted by Crippen LogP contribution is 2.12. The summed E-state index contributed by atoms with van der Waals surface area (Å²) in [6.45, 7) is 0. The zero-order valence-electron chi connectivity index (χ0n) is 8.66. The summed E-state index contributed by atoms with van der Waals surface area (Å²) in [6, 6.07) is 7.99. The maximum Gasteiger partial charge on any atom is 0.118 e. The van der Waals surface area contributed by atoms with Gasteiger partial charge in [-0.15, -0.1) is 0 Å². The minimum absolute atomic E-state index is 0. The molecule has 0 aliphatic heterocycles. The number of hydrogen-bond acceptors (Lipinski definition) is 2. The van der Waals surface area contributed by atoms with E-state index in [0.717, 1.165) is 18.6 Å². The van der Waals surface area contributed by atoms with Gasteiger partial charge in [-0.2, -0.15) is 0 Å². The lowest BCUT2D eigenvalue weighted by Gasteiger charge is -2.02. The van der Waals surface area contributed by atoms with Gasteiger partial charge in [0.25, 0.3) is 0 Å². The van der Waals surface area contributed by atoms with Gasteiger partial charge in [0.05, 0.1) is 12.9 Å². The van der Waals surface area contributed by atoms with Crippen LogP contribution in [0.4, 0.5) is 0 Å². The van der Waals surface area contributed by atoms with Crippen molar-refractivity contribution in [3.8, 4) is 5.75 Å². The standard InChI is InChI=1S/C11H16N2O.H2/c1-13-11(12)8-5-9-3-6-10(14-2)7-4-9;/h3-4,6-7H,5,8H2,1-2H3,(H2,12,13);1H. The fourth-order valence-electron chi connectivity index (χ4n) is 1.18. The van der Waals surface area contributed by atoms with Gasteiger partial charge in [-0.1, -0.05) is 12.1 Å². The predicted octanol–water partition coefficient (Wildman–Crippen LogP) is 1.86. The van der Waals surface area contributed by atoms with E-state index >= 15 is 0 Å². The van der Waals surface area contributed by atoms with Crippen LogP contribution >= 0.6 is 0 Å². The minimum atomic E-state index is 0. The highest BCUT2D eigenvalue weighted by atomic mass is 16.5. The molecule has 0 amide bonds. The molecule has 3 heteroatoms. The first-order valence-electron chi connectivity index (χ1n) is 4.60. The van der Waals surface area contributed by atoms with Gasteiger partial charge in [-0.3, -0.25) is 4.99 Å². The summed E-state index contributed by atoms with van der Waals surface area (Å²) in [5.74, 6) is 1.58. The summed E-state index contributed by atoms with van der Waals surface area (Å²) >= 11 is 0. The molecule has 14 heavy (non-hydrogen) atoms. The zero-order valence-corrected chi connectivity index (χ0v) is 8.66. The Morgan fingerprint density at radius 3 is 2.57 bits per heavy atom. The van der Waals surface area contributed by atoms with E-state index in [9.17, 15) is 0 Å². The van der Waals surface area contributed by atoms with Crippen LogP contribution in [0.3, 0.4) is 0 Å². The first-order chi connectivity index (χ1) is 6.76. The monoisotopic (exact) mass is 194 g/mol. The van der Waals surface area contributed by atoms with E-state index < -0.39 is 0 Å². The van der Waals surface area contributed by atoms with Crippen molar-refractivity contribution in [1.82, 2.24) is 0 Å². The maximum absolute atomic E-state index is 5.60. The Morgan fingerprint density at radius 1 is 1.43 bits per heavy atom. The van der Waals surface area contributed by atoms with Crippen LogP contribution in [-0.4, -0.2) is 20.0 Å². The van der Waals surface area contributed by atoms with Crippen molar-refractivity contribution in [1.29, 1.82) is 0 Å². The Kier molecular flexibility index (Phi) is 3.98. The third-order valence-corrected chi connectivity index (χ3v) is 2.12. The number of nitrogens with two attached hydrogens (primary N) is 1. The number of rotatable bonds is 4. The fourth-order valence-corrected chi connectivity index (χ4v) is 1.18. The molecule has 1 aromatic carbocycles. The van der Waals surface area contributed by atoms with Crippen molar-refractivity contribution in [2.24, 2.45) is 10.7 Å². The second-order valence-electron chi connectivity index (χ2n) is 3.06. The highest BCUT2D eigenvalue weighted by molar-refractivity contribution is 5.80. The Bertz CT molecular complexity index is 309. The number of benzene rings is 1. The quantitative estimate of drug-likeness (QED) is 0.587. The molecule has 0 spiro atoms. The van der Waals surface area contributed by atoms with Gasteiger partial charge in [0.1, 0.15) is 5.75 Å². The average Bonchev–Trinajstić information content (AvgIpc) is 2.26. The lowest BCUT2D eigenvalue weighted by atomic mass is 10.1. The number of methoxy groups -OCH3 is 1. The smallest absolute Gasteiger partial charge is 0.118 e. The van der Waals surface area contributed by atoms with Gasteiger partial charge in [0.2, 0.25) is 0 Å². The van der Waals surface area contributed by atoms with E-state index in [1.807, 2.05) is 24.3 Å². The molecular weight excluding hydrogens is 176 g/mol. The minimum Gasteiger partial charge on any atom is -0.497 e.